The van der Waals surface area contributed by atoms with Crippen LogP contribution in [0.25, 0.3) is 5.57 Å². The van der Waals surface area contributed by atoms with Crippen LogP contribution in [-0.4, -0.2) is 11.0 Å². The average molecular weight is 253 g/mol. The van der Waals surface area contributed by atoms with Gasteiger partial charge in [-0.1, -0.05) is 30.3 Å². The monoisotopic (exact) mass is 253 g/mol. The van der Waals surface area contributed by atoms with Crippen molar-refractivity contribution in [3.63, 3.8) is 0 Å². The lowest BCUT2D eigenvalue weighted by Crippen LogP contribution is -2.01. The molecule has 0 atom stereocenters. The van der Waals surface area contributed by atoms with Gasteiger partial charge in [0.15, 0.2) is 0 Å². The minimum atomic E-state index is -0.335. The van der Waals surface area contributed by atoms with Crippen molar-refractivity contribution >= 4 is 11.5 Å². The van der Waals surface area contributed by atoms with Gasteiger partial charge in [0.25, 0.3) is 0 Å². The summed E-state index contributed by atoms with van der Waals surface area (Å²) in [5, 5.41) is 0. The summed E-state index contributed by atoms with van der Waals surface area (Å²) in [6.07, 6.45) is 4.89. The molecule has 96 valence electrons. The Hall–Kier alpha value is -2.42. The van der Waals surface area contributed by atoms with Crippen LogP contribution >= 0.6 is 0 Å². The van der Waals surface area contributed by atoms with E-state index in [2.05, 4.69) is 4.98 Å². The number of aromatic nitrogens is 1. The first-order valence-electron chi connectivity index (χ1n) is 6.05. The molecular formula is C16H15NO2. The maximum Gasteiger partial charge on any atom is 0.331 e. The van der Waals surface area contributed by atoms with Gasteiger partial charge in [0.2, 0.25) is 0 Å². The molecular weight excluding hydrogens is 238 g/mol. The van der Waals surface area contributed by atoms with Crippen LogP contribution in [0.1, 0.15) is 18.1 Å². The fourth-order valence-electron chi connectivity index (χ4n) is 1.65. The minimum absolute atomic E-state index is 0.291. The van der Waals surface area contributed by atoms with Crippen LogP contribution in [-0.2, 0) is 16.1 Å². The minimum Gasteiger partial charge on any atom is -0.458 e. The highest BCUT2D eigenvalue weighted by Gasteiger charge is 2.02. The molecule has 0 amide bonds. The molecule has 0 unspecified atom stereocenters. The Bertz CT molecular complexity index is 562. The molecule has 0 aliphatic rings. The molecule has 0 radical (unpaired) electrons. The molecule has 0 saturated carbocycles. The van der Waals surface area contributed by atoms with Crippen LogP contribution < -0.4 is 0 Å². The lowest BCUT2D eigenvalue weighted by molar-refractivity contribution is -0.138. The lowest BCUT2D eigenvalue weighted by Gasteiger charge is -2.03. The number of esters is 1. The van der Waals surface area contributed by atoms with Gasteiger partial charge in [-0.2, -0.15) is 0 Å². The molecule has 0 aliphatic heterocycles. The van der Waals surface area contributed by atoms with Crippen LogP contribution in [0.4, 0.5) is 0 Å². The molecule has 19 heavy (non-hydrogen) atoms. The Kier molecular flexibility index (Phi) is 4.45. The number of benzene rings is 1. The predicted octanol–water partition coefficient (Wildman–Crippen LogP) is 3.23. The number of ether oxygens (including phenoxy) is 1. The van der Waals surface area contributed by atoms with E-state index in [1.807, 2.05) is 49.4 Å². The molecule has 3 heteroatoms. The first-order chi connectivity index (χ1) is 9.25. The van der Waals surface area contributed by atoms with Gasteiger partial charge in [-0.3, -0.25) is 4.98 Å². The zero-order chi connectivity index (χ0) is 13.5. The zero-order valence-electron chi connectivity index (χ0n) is 10.7. The highest BCUT2D eigenvalue weighted by atomic mass is 16.5. The van der Waals surface area contributed by atoms with Gasteiger partial charge in [-0.05, 0) is 35.8 Å². The van der Waals surface area contributed by atoms with Gasteiger partial charge in [0.1, 0.15) is 6.61 Å². The summed E-state index contributed by atoms with van der Waals surface area (Å²) in [5.41, 5.74) is 2.80. The van der Waals surface area contributed by atoms with E-state index in [9.17, 15) is 4.79 Å². The van der Waals surface area contributed by atoms with Crippen molar-refractivity contribution in [1.29, 1.82) is 0 Å². The number of carbonyl (C=O) groups excluding carboxylic acids is 1. The topological polar surface area (TPSA) is 39.2 Å². The van der Waals surface area contributed by atoms with Crippen LogP contribution in [0.2, 0.25) is 0 Å². The average Bonchev–Trinajstić information content (AvgIpc) is 2.47. The molecule has 0 spiro atoms. The molecule has 2 aromatic rings. The van der Waals surface area contributed by atoms with Crippen molar-refractivity contribution in [2.45, 2.75) is 13.5 Å². The number of nitrogens with zero attached hydrogens (tertiary/aromatic N) is 1. The van der Waals surface area contributed by atoms with Gasteiger partial charge >= 0.3 is 5.97 Å². The zero-order valence-corrected chi connectivity index (χ0v) is 10.7. The third-order valence-electron chi connectivity index (χ3n) is 2.69. The summed E-state index contributed by atoms with van der Waals surface area (Å²) in [4.78, 5) is 15.6. The van der Waals surface area contributed by atoms with E-state index in [0.717, 1.165) is 16.7 Å². The second kappa shape index (κ2) is 6.50. The molecule has 3 nitrogen and oxygen atoms in total. The van der Waals surface area contributed by atoms with Crippen molar-refractivity contribution in [1.82, 2.24) is 4.98 Å². The summed E-state index contributed by atoms with van der Waals surface area (Å²) in [5.74, 6) is -0.335. The van der Waals surface area contributed by atoms with Crippen molar-refractivity contribution in [3.8, 4) is 0 Å². The third-order valence-corrected chi connectivity index (χ3v) is 2.69. The Morgan fingerprint density at radius 2 is 1.84 bits per heavy atom. The maximum atomic E-state index is 11.7. The smallest absolute Gasteiger partial charge is 0.331 e. The number of pyridine rings is 1. The molecule has 0 N–H and O–H groups in total. The summed E-state index contributed by atoms with van der Waals surface area (Å²) < 4.78 is 5.19. The fraction of sp³-hybridized carbons (Fsp3) is 0.125. The molecule has 0 bridgehead atoms. The first-order valence-corrected chi connectivity index (χ1v) is 6.05. The standard InChI is InChI=1S/C16H15NO2/c1-13(15-7-9-17-10-8-15)11-16(18)19-12-14-5-3-2-4-6-14/h2-11H,12H2,1H3. The Labute approximate surface area is 112 Å². The second-order valence-electron chi connectivity index (χ2n) is 4.16. The second-order valence-corrected chi connectivity index (χ2v) is 4.16. The molecule has 0 saturated heterocycles. The summed E-state index contributed by atoms with van der Waals surface area (Å²) in [6, 6.07) is 13.3. The number of hydrogen-bond acceptors (Lipinski definition) is 3. The number of hydrogen-bond donors (Lipinski definition) is 0. The summed E-state index contributed by atoms with van der Waals surface area (Å²) >= 11 is 0. The van der Waals surface area contributed by atoms with E-state index in [-0.39, 0.29) is 5.97 Å². The number of allylic oxidation sites excluding steroid dienone is 1. The number of carbonyl (C=O) groups is 1. The maximum absolute atomic E-state index is 11.7. The highest BCUT2D eigenvalue weighted by molar-refractivity contribution is 5.90. The van der Waals surface area contributed by atoms with Crippen molar-refractivity contribution in [2.75, 3.05) is 0 Å². The van der Waals surface area contributed by atoms with Crippen LogP contribution in [0.15, 0.2) is 60.9 Å². The first kappa shape index (κ1) is 13.0. The van der Waals surface area contributed by atoms with E-state index >= 15 is 0 Å². The van der Waals surface area contributed by atoms with Gasteiger partial charge in [-0.15, -0.1) is 0 Å². The lowest BCUT2D eigenvalue weighted by atomic mass is 10.1. The normalized spacial score (nSPS) is 11.1. The molecule has 1 aromatic heterocycles. The Morgan fingerprint density at radius 1 is 1.16 bits per heavy atom. The van der Waals surface area contributed by atoms with Gasteiger partial charge in [-0.25, -0.2) is 4.79 Å². The van der Waals surface area contributed by atoms with Gasteiger partial charge in [0.05, 0.1) is 0 Å². The fourth-order valence-corrected chi connectivity index (χ4v) is 1.65. The van der Waals surface area contributed by atoms with E-state index < -0.39 is 0 Å². The van der Waals surface area contributed by atoms with Crippen LogP contribution in [0.5, 0.6) is 0 Å². The highest BCUT2D eigenvalue weighted by Crippen LogP contribution is 2.12. The van der Waals surface area contributed by atoms with Gasteiger partial charge in [0, 0.05) is 18.5 Å². The molecule has 0 fully saturated rings. The number of rotatable bonds is 4. The molecule has 2 rings (SSSR count). The van der Waals surface area contributed by atoms with Crippen molar-refractivity contribution < 1.29 is 9.53 Å². The van der Waals surface area contributed by atoms with E-state index in [1.165, 1.54) is 6.08 Å². The van der Waals surface area contributed by atoms with E-state index in [4.69, 9.17) is 4.74 Å². The summed E-state index contributed by atoms with van der Waals surface area (Å²) in [6.45, 7) is 2.17. The predicted molar refractivity (Wildman–Crippen MR) is 74.1 cm³/mol. The third kappa shape index (κ3) is 4.07. The van der Waals surface area contributed by atoms with Gasteiger partial charge < -0.3 is 4.74 Å². The van der Waals surface area contributed by atoms with Crippen molar-refractivity contribution in [2.24, 2.45) is 0 Å². The van der Waals surface area contributed by atoms with Crippen molar-refractivity contribution in [3.05, 3.63) is 72.1 Å². The Balaban J connectivity index is 1.94. The SMILES string of the molecule is CC(=CC(=O)OCc1ccccc1)c1ccncc1. The van der Waals surface area contributed by atoms with E-state index in [1.54, 1.807) is 12.4 Å². The largest absolute Gasteiger partial charge is 0.458 e. The van der Waals surface area contributed by atoms with Crippen LogP contribution in [0, 0.1) is 0 Å². The van der Waals surface area contributed by atoms with Crippen LogP contribution in [0.3, 0.4) is 0 Å². The molecule has 1 heterocycles. The molecule has 0 aliphatic carbocycles. The Morgan fingerprint density at radius 3 is 2.53 bits per heavy atom. The molecule has 1 aromatic carbocycles. The quantitative estimate of drug-likeness (QED) is 0.620. The van der Waals surface area contributed by atoms with E-state index in [0.29, 0.717) is 6.61 Å². The summed E-state index contributed by atoms with van der Waals surface area (Å²) in [7, 11) is 0.